The molecule has 102 valence electrons. The number of benzene rings is 1. The fourth-order valence-corrected chi connectivity index (χ4v) is 2.62. The molecule has 0 aliphatic heterocycles. The molecule has 0 aliphatic carbocycles. The molecule has 1 aromatic carbocycles. The molecular weight excluding hydrogens is 271 g/mol. The zero-order valence-corrected chi connectivity index (χ0v) is 11.3. The molecule has 0 atom stereocenters. The molecule has 0 radical (unpaired) electrons. The molecule has 5 heteroatoms. The average Bonchev–Trinajstić information content (AvgIpc) is 2.89. The molecule has 1 nitrogen and oxygen atoms in total. The van der Waals surface area contributed by atoms with Crippen molar-refractivity contribution in [1.82, 2.24) is 0 Å². The van der Waals surface area contributed by atoms with Gasteiger partial charge in [0.15, 0.2) is 17.5 Å². The number of rotatable bonds is 5. The minimum Gasteiger partial charge on any atom is -0.364 e. The standard InChI is InChI=1S/C14H14F3NS/c1-2-7-18(9-10-4-3-8-19-10)12-6-5-11(15)13(16)14(12)17/h3-6,8H,2,7,9H2,1H3. The maximum atomic E-state index is 13.8. The second-order valence-corrected chi connectivity index (χ2v) is 5.23. The van der Waals surface area contributed by atoms with E-state index in [2.05, 4.69) is 0 Å². The van der Waals surface area contributed by atoms with E-state index in [0.717, 1.165) is 17.4 Å². The molecule has 0 saturated heterocycles. The van der Waals surface area contributed by atoms with Gasteiger partial charge in [-0.3, -0.25) is 0 Å². The first-order valence-electron chi connectivity index (χ1n) is 6.04. The molecule has 0 unspecified atom stereocenters. The van der Waals surface area contributed by atoms with E-state index in [1.54, 1.807) is 16.2 Å². The molecule has 0 aliphatic rings. The zero-order valence-electron chi connectivity index (χ0n) is 10.5. The molecule has 0 N–H and O–H groups in total. The van der Waals surface area contributed by atoms with Crippen LogP contribution in [0.5, 0.6) is 0 Å². The number of hydrogen-bond donors (Lipinski definition) is 0. The van der Waals surface area contributed by atoms with Gasteiger partial charge in [0.25, 0.3) is 0 Å². The van der Waals surface area contributed by atoms with Gasteiger partial charge in [-0.2, -0.15) is 0 Å². The highest BCUT2D eigenvalue weighted by Crippen LogP contribution is 2.26. The second-order valence-electron chi connectivity index (χ2n) is 4.20. The van der Waals surface area contributed by atoms with Gasteiger partial charge in [-0.25, -0.2) is 13.2 Å². The molecule has 1 aromatic heterocycles. The van der Waals surface area contributed by atoms with Crippen LogP contribution in [-0.4, -0.2) is 6.54 Å². The number of halogens is 3. The van der Waals surface area contributed by atoms with E-state index in [1.165, 1.54) is 6.07 Å². The Hall–Kier alpha value is -1.49. The highest BCUT2D eigenvalue weighted by Gasteiger charge is 2.18. The number of hydrogen-bond acceptors (Lipinski definition) is 2. The Balaban J connectivity index is 2.31. The van der Waals surface area contributed by atoms with E-state index in [9.17, 15) is 13.2 Å². The lowest BCUT2D eigenvalue weighted by molar-refractivity contribution is 0.446. The summed E-state index contributed by atoms with van der Waals surface area (Å²) in [5, 5.41) is 1.93. The molecule has 0 saturated carbocycles. The van der Waals surface area contributed by atoms with Gasteiger partial charge in [-0.15, -0.1) is 11.3 Å². The second kappa shape index (κ2) is 6.10. The molecule has 0 spiro atoms. The summed E-state index contributed by atoms with van der Waals surface area (Å²) in [5.74, 6) is -3.69. The SMILES string of the molecule is CCCN(Cc1cccs1)c1ccc(F)c(F)c1F. The van der Waals surface area contributed by atoms with Crippen molar-refractivity contribution in [3.8, 4) is 0 Å². The lowest BCUT2D eigenvalue weighted by atomic mass is 10.2. The fraction of sp³-hybridized carbons (Fsp3) is 0.286. The Bertz CT molecular complexity index is 540. The molecule has 0 fully saturated rings. The normalized spacial score (nSPS) is 10.7. The largest absolute Gasteiger partial charge is 0.364 e. The molecule has 19 heavy (non-hydrogen) atoms. The summed E-state index contributed by atoms with van der Waals surface area (Å²) in [6.07, 6.45) is 0.795. The lowest BCUT2D eigenvalue weighted by Crippen LogP contribution is -2.24. The van der Waals surface area contributed by atoms with Crippen LogP contribution in [-0.2, 0) is 6.54 Å². The van der Waals surface area contributed by atoms with Gasteiger partial charge in [0, 0.05) is 11.4 Å². The van der Waals surface area contributed by atoms with Crippen LogP contribution in [0.2, 0.25) is 0 Å². The highest BCUT2D eigenvalue weighted by molar-refractivity contribution is 7.09. The van der Waals surface area contributed by atoms with E-state index in [-0.39, 0.29) is 5.69 Å². The molecule has 0 amide bonds. The number of nitrogens with zero attached hydrogens (tertiary/aromatic N) is 1. The minimum atomic E-state index is -1.41. The van der Waals surface area contributed by atoms with Gasteiger partial charge in [-0.1, -0.05) is 13.0 Å². The summed E-state index contributed by atoms with van der Waals surface area (Å²) in [4.78, 5) is 2.78. The smallest absolute Gasteiger partial charge is 0.196 e. The third kappa shape index (κ3) is 3.10. The fourth-order valence-electron chi connectivity index (χ4n) is 1.91. The van der Waals surface area contributed by atoms with Crippen LogP contribution in [0.3, 0.4) is 0 Å². The Kier molecular flexibility index (Phi) is 4.47. The monoisotopic (exact) mass is 285 g/mol. The van der Waals surface area contributed by atoms with Gasteiger partial charge >= 0.3 is 0 Å². The molecule has 2 rings (SSSR count). The first kappa shape index (κ1) is 13.9. The Morgan fingerprint density at radius 2 is 1.89 bits per heavy atom. The minimum absolute atomic E-state index is 0.106. The van der Waals surface area contributed by atoms with E-state index < -0.39 is 17.5 Å². The highest BCUT2D eigenvalue weighted by atomic mass is 32.1. The number of thiophene rings is 1. The van der Waals surface area contributed by atoms with E-state index in [1.807, 2.05) is 24.4 Å². The maximum Gasteiger partial charge on any atom is 0.196 e. The van der Waals surface area contributed by atoms with Crippen molar-refractivity contribution in [3.05, 3.63) is 52.0 Å². The first-order valence-corrected chi connectivity index (χ1v) is 6.92. The van der Waals surface area contributed by atoms with Gasteiger partial charge in [-0.05, 0) is 30.0 Å². The van der Waals surface area contributed by atoms with Crippen molar-refractivity contribution in [2.24, 2.45) is 0 Å². The Morgan fingerprint density at radius 3 is 2.53 bits per heavy atom. The van der Waals surface area contributed by atoms with Crippen LogP contribution < -0.4 is 4.90 Å². The van der Waals surface area contributed by atoms with Gasteiger partial charge in [0.2, 0.25) is 0 Å². The quantitative estimate of drug-likeness (QED) is 0.727. The Labute approximate surface area is 114 Å². The Morgan fingerprint density at radius 1 is 1.11 bits per heavy atom. The van der Waals surface area contributed by atoms with Crippen LogP contribution >= 0.6 is 11.3 Å². The predicted octanol–water partition coefficient (Wildman–Crippen LogP) is 4.58. The predicted molar refractivity (Wildman–Crippen MR) is 72.0 cm³/mol. The van der Waals surface area contributed by atoms with Crippen LogP contribution in [0.25, 0.3) is 0 Å². The summed E-state index contributed by atoms with van der Waals surface area (Å²) in [5.41, 5.74) is 0.106. The summed E-state index contributed by atoms with van der Waals surface area (Å²) < 4.78 is 40.1. The lowest BCUT2D eigenvalue weighted by Gasteiger charge is -2.24. The van der Waals surface area contributed by atoms with Gasteiger partial charge < -0.3 is 4.90 Å². The summed E-state index contributed by atoms with van der Waals surface area (Å²) >= 11 is 1.55. The first-order chi connectivity index (χ1) is 9.13. The number of anilines is 1. The van der Waals surface area contributed by atoms with Crippen molar-refractivity contribution in [1.29, 1.82) is 0 Å². The van der Waals surface area contributed by atoms with E-state index >= 15 is 0 Å². The molecule has 1 heterocycles. The maximum absolute atomic E-state index is 13.8. The topological polar surface area (TPSA) is 3.24 Å². The summed E-state index contributed by atoms with van der Waals surface area (Å²) in [7, 11) is 0. The van der Waals surface area contributed by atoms with Crippen LogP contribution in [0, 0.1) is 17.5 Å². The van der Waals surface area contributed by atoms with Crippen molar-refractivity contribution < 1.29 is 13.2 Å². The zero-order chi connectivity index (χ0) is 13.8. The summed E-state index contributed by atoms with van der Waals surface area (Å²) in [6.45, 7) is 3.03. The van der Waals surface area contributed by atoms with Crippen molar-refractivity contribution in [2.45, 2.75) is 19.9 Å². The molecular formula is C14H14F3NS. The molecule has 0 bridgehead atoms. The van der Waals surface area contributed by atoms with Crippen molar-refractivity contribution in [3.63, 3.8) is 0 Å². The van der Waals surface area contributed by atoms with Crippen molar-refractivity contribution in [2.75, 3.05) is 11.4 Å². The van der Waals surface area contributed by atoms with Crippen LogP contribution in [0.1, 0.15) is 18.2 Å². The molecule has 2 aromatic rings. The van der Waals surface area contributed by atoms with Crippen molar-refractivity contribution >= 4 is 17.0 Å². The van der Waals surface area contributed by atoms with Gasteiger partial charge in [0.05, 0.1) is 12.2 Å². The average molecular weight is 285 g/mol. The third-order valence-electron chi connectivity index (χ3n) is 2.78. The van der Waals surface area contributed by atoms with Gasteiger partial charge in [0.1, 0.15) is 0 Å². The van der Waals surface area contributed by atoms with Crippen LogP contribution in [0.15, 0.2) is 29.6 Å². The van der Waals surface area contributed by atoms with Crippen LogP contribution in [0.4, 0.5) is 18.9 Å². The van der Waals surface area contributed by atoms with E-state index in [4.69, 9.17) is 0 Å². The summed E-state index contributed by atoms with van der Waals surface area (Å²) in [6, 6.07) is 6.10. The van der Waals surface area contributed by atoms with E-state index in [0.29, 0.717) is 13.1 Å². The third-order valence-corrected chi connectivity index (χ3v) is 3.64.